The van der Waals surface area contributed by atoms with Crippen LogP contribution < -0.4 is 5.56 Å². The summed E-state index contributed by atoms with van der Waals surface area (Å²) in [5.41, 5.74) is 1.41. The number of benzene rings is 1. The van der Waals surface area contributed by atoms with Crippen molar-refractivity contribution in [2.24, 2.45) is 0 Å². The van der Waals surface area contributed by atoms with Crippen molar-refractivity contribution < 1.29 is 37.4 Å². The Morgan fingerprint density at radius 2 is 1.79 bits per heavy atom. The highest BCUT2D eigenvalue weighted by atomic mass is 35.5. The largest absolute Gasteiger partial charge is 0.478 e. The Hall–Kier alpha value is -2.89. The number of hydrogen-bond donors (Lipinski definition) is 1. The van der Waals surface area contributed by atoms with Crippen molar-refractivity contribution >= 4 is 41.4 Å². The minimum atomic E-state index is -4.64. The number of alkyl halides is 3. The van der Waals surface area contributed by atoms with Gasteiger partial charge in [0.25, 0.3) is 5.56 Å². The molecule has 1 saturated carbocycles. The fourth-order valence-corrected chi connectivity index (χ4v) is 4.74. The average Bonchev–Trinajstić information content (AvgIpc) is 3.30. The van der Waals surface area contributed by atoms with E-state index in [-0.39, 0.29) is 34.3 Å². The predicted octanol–water partition coefficient (Wildman–Crippen LogP) is 4.76. The summed E-state index contributed by atoms with van der Waals surface area (Å²) in [6.07, 6.45) is -2.72. The van der Waals surface area contributed by atoms with Gasteiger partial charge in [0.05, 0.1) is 16.3 Å². The molecule has 2 atom stereocenters. The summed E-state index contributed by atoms with van der Waals surface area (Å²) in [6.45, 7) is 2.14. The highest BCUT2D eigenvalue weighted by molar-refractivity contribution is 6.34. The summed E-state index contributed by atoms with van der Waals surface area (Å²) in [5, 5.41) is 9.49. The molecule has 13 heteroatoms. The SMILES string of the molecule is CC(=O)O[C@@H]1CCC[C@H]1N(C)Cc1c(Cl)cc(Cl)c(=O)n1CCc1ccc(C(=O)O)cc1.O=CC(F)(F)F. The highest BCUT2D eigenvalue weighted by Gasteiger charge is 2.33. The van der Waals surface area contributed by atoms with Crippen molar-refractivity contribution in [1.29, 1.82) is 0 Å². The molecule has 0 aliphatic heterocycles. The Bertz CT molecular complexity index is 1200. The number of esters is 1. The van der Waals surface area contributed by atoms with Crippen LogP contribution in [-0.4, -0.2) is 58.2 Å². The molecule has 38 heavy (non-hydrogen) atoms. The van der Waals surface area contributed by atoms with Crippen LogP contribution in [0.4, 0.5) is 13.2 Å². The van der Waals surface area contributed by atoms with Crippen LogP contribution in [0.2, 0.25) is 10.0 Å². The monoisotopic (exact) mass is 578 g/mol. The second-order valence-corrected chi connectivity index (χ2v) is 9.53. The summed E-state index contributed by atoms with van der Waals surface area (Å²) in [4.78, 5) is 46.1. The lowest BCUT2D eigenvalue weighted by atomic mass is 10.1. The molecule has 0 spiro atoms. The number of aryl methyl sites for hydroxylation is 1. The van der Waals surface area contributed by atoms with Crippen LogP contribution in [0.1, 0.15) is 47.8 Å². The van der Waals surface area contributed by atoms with Crippen molar-refractivity contribution in [2.75, 3.05) is 7.05 Å². The van der Waals surface area contributed by atoms with E-state index in [1.54, 1.807) is 16.7 Å². The van der Waals surface area contributed by atoms with E-state index in [0.29, 0.717) is 30.2 Å². The Kier molecular flexibility index (Phi) is 11.4. The standard InChI is InChI=1S/C23H26Cl2N2O5.C2HF3O/c1-14(28)32-21-5-3-4-19(21)26(2)13-20-17(24)12-18(25)22(29)27(20)11-10-15-6-8-16(9-7-15)23(30)31;3-2(4,5)1-6/h6-9,12,19,21H,3-5,10-11,13H2,1-2H3,(H,30,31);1H/t19-,21-;/m1./s1. The fourth-order valence-electron chi connectivity index (χ4n) is 4.20. The van der Waals surface area contributed by atoms with Gasteiger partial charge in [-0.2, -0.15) is 13.2 Å². The molecule has 1 fully saturated rings. The number of carboxylic acid groups (broad SMARTS) is 1. The maximum Gasteiger partial charge on any atom is 0.446 e. The number of aromatic nitrogens is 1. The number of nitrogens with zero attached hydrogens (tertiary/aromatic N) is 2. The molecule has 1 heterocycles. The zero-order chi connectivity index (χ0) is 28.6. The van der Waals surface area contributed by atoms with Crippen LogP contribution in [-0.2, 0) is 33.8 Å². The summed E-state index contributed by atoms with van der Waals surface area (Å²) >= 11 is 12.6. The molecule has 0 amide bonds. The first kappa shape index (κ1) is 31.3. The lowest BCUT2D eigenvalue weighted by molar-refractivity contribution is -0.156. The second kappa shape index (κ2) is 13.8. The Balaban J connectivity index is 0.000000757. The second-order valence-electron chi connectivity index (χ2n) is 8.72. The third-order valence-corrected chi connectivity index (χ3v) is 6.56. The number of halogens is 5. The van der Waals surface area contributed by atoms with Crippen molar-refractivity contribution in [3.05, 3.63) is 67.6 Å². The average molecular weight is 579 g/mol. The molecule has 8 nitrogen and oxygen atoms in total. The maximum atomic E-state index is 12.8. The first-order valence-electron chi connectivity index (χ1n) is 11.5. The maximum absolute atomic E-state index is 12.8. The van der Waals surface area contributed by atoms with Gasteiger partial charge in [0.2, 0.25) is 6.29 Å². The fraction of sp³-hybridized carbons (Fsp3) is 0.440. The molecule has 1 aromatic heterocycles. The molecule has 1 aliphatic carbocycles. The summed E-state index contributed by atoms with van der Waals surface area (Å²) < 4.78 is 38.3. The molecule has 0 saturated heterocycles. The van der Waals surface area contributed by atoms with Crippen LogP contribution in [0.25, 0.3) is 0 Å². The smallest absolute Gasteiger partial charge is 0.446 e. The molecule has 1 N–H and O–H groups in total. The molecule has 3 rings (SSSR count). The van der Waals surface area contributed by atoms with Crippen molar-refractivity contribution in [1.82, 2.24) is 9.47 Å². The van der Waals surface area contributed by atoms with Gasteiger partial charge in [-0.3, -0.25) is 19.3 Å². The van der Waals surface area contributed by atoms with Gasteiger partial charge < -0.3 is 14.4 Å². The van der Waals surface area contributed by atoms with E-state index in [1.165, 1.54) is 25.1 Å². The summed E-state index contributed by atoms with van der Waals surface area (Å²) in [7, 11) is 1.93. The Morgan fingerprint density at radius 3 is 2.32 bits per heavy atom. The lowest BCUT2D eigenvalue weighted by Gasteiger charge is -2.30. The molecule has 0 unspecified atom stereocenters. The first-order chi connectivity index (χ1) is 17.7. The van der Waals surface area contributed by atoms with Crippen LogP contribution in [0.3, 0.4) is 0 Å². The van der Waals surface area contributed by atoms with E-state index in [1.807, 2.05) is 7.05 Å². The van der Waals surface area contributed by atoms with E-state index in [0.717, 1.165) is 24.8 Å². The number of rotatable bonds is 8. The number of likely N-dealkylation sites (N-methyl/N-ethyl adjacent to an activating group) is 1. The molecular formula is C25H27Cl2F3N2O6. The third-order valence-electron chi connectivity index (χ3n) is 5.96. The van der Waals surface area contributed by atoms with Gasteiger partial charge in [-0.25, -0.2) is 4.79 Å². The van der Waals surface area contributed by atoms with Gasteiger partial charge in [0.15, 0.2) is 0 Å². The summed E-state index contributed by atoms with van der Waals surface area (Å²) in [6, 6.07) is 8.04. The number of aldehydes is 1. The van der Waals surface area contributed by atoms with E-state index in [2.05, 4.69) is 4.90 Å². The first-order valence-corrected chi connectivity index (χ1v) is 12.3. The van der Waals surface area contributed by atoms with Crippen molar-refractivity contribution in [3.8, 4) is 0 Å². The molecule has 2 aromatic rings. The number of pyridine rings is 1. The van der Waals surface area contributed by atoms with Crippen LogP contribution in [0.5, 0.6) is 0 Å². The van der Waals surface area contributed by atoms with Crippen molar-refractivity contribution in [3.63, 3.8) is 0 Å². The van der Waals surface area contributed by atoms with E-state index in [9.17, 15) is 27.6 Å². The lowest BCUT2D eigenvalue weighted by Crippen LogP contribution is -2.40. The van der Waals surface area contributed by atoms with E-state index >= 15 is 0 Å². The van der Waals surface area contributed by atoms with Gasteiger partial charge in [-0.15, -0.1) is 0 Å². The van der Waals surface area contributed by atoms with Gasteiger partial charge in [0.1, 0.15) is 11.1 Å². The number of aromatic carboxylic acids is 1. The topological polar surface area (TPSA) is 106 Å². The van der Waals surface area contributed by atoms with Crippen molar-refractivity contribution in [2.45, 2.75) is 64.0 Å². The number of hydrogen-bond acceptors (Lipinski definition) is 6. The normalized spacial score (nSPS) is 17.1. The molecule has 208 valence electrons. The molecule has 0 radical (unpaired) electrons. The number of ether oxygens (including phenoxy) is 1. The van der Waals surface area contributed by atoms with E-state index in [4.69, 9.17) is 37.8 Å². The molecule has 1 aliphatic rings. The van der Waals surface area contributed by atoms with Gasteiger partial charge in [0, 0.05) is 26.1 Å². The Labute approximate surface area is 226 Å². The number of carboxylic acids is 1. The van der Waals surface area contributed by atoms with Crippen LogP contribution in [0.15, 0.2) is 35.1 Å². The van der Waals surface area contributed by atoms with Gasteiger partial charge >= 0.3 is 18.1 Å². The number of carbonyl (C=O) groups is 3. The van der Waals surface area contributed by atoms with E-state index < -0.39 is 18.4 Å². The van der Waals surface area contributed by atoms with Crippen LogP contribution >= 0.6 is 23.2 Å². The Morgan fingerprint density at radius 1 is 1.18 bits per heavy atom. The zero-order valence-corrected chi connectivity index (χ0v) is 22.1. The minimum Gasteiger partial charge on any atom is -0.478 e. The molecule has 0 bridgehead atoms. The minimum absolute atomic E-state index is 0.0396. The van der Waals surface area contributed by atoms with Crippen LogP contribution in [0, 0.1) is 0 Å². The summed E-state index contributed by atoms with van der Waals surface area (Å²) in [5.74, 6) is -1.29. The predicted molar refractivity (Wildman–Crippen MR) is 135 cm³/mol. The van der Waals surface area contributed by atoms with Gasteiger partial charge in [-0.1, -0.05) is 35.3 Å². The zero-order valence-electron chi connectivity index (χ0n) is 20.6. The van der Waals surface area contributed by atoms with Gasteiger partial charge in [-0.05, 0) is 56.5 Å². The highest BCUT2D eigenvalue weighted by Crippen LogP contribution is 2.29. The third kappa shape index (κ3) is 9.14. The quantitative estimate of drug-likeness (QED) is 0.355. The number of carbonyl (C=O) groups excluding carboxylic acids is 2. The molecule has 1 aromatic carbocycles. The molecular weight excluding hydrogens is 552 g/mol.